The number of aryl methyl sites for hydroxylation is 1. The van der Waals surface area contributed by atoms with Gasteiger partial charge < -0.3 is 0 Å². The van der Waals surface area contributed by atoms with E-state index in [0.717, 1.165) is 4.47 Å². The molecule has 6 nitrogen and oxygen atoms in total. The van der Waals surface area contributed by atoms with Crippen LogP contribution in [0.2, 0.25) is 0 Å². The van der Waals surface area contributed by atoms with E-state index in [0.29, 0.717) is 12.1 Å². The van der Waals surface area contributed by atoms with E-state index in [1.54, 1.807) is 18.2 Å². The summed E-state index contributed by atoms with van der Waals surface area (Å²) in [6.45, 7) is 2.50. The summed E-state index contributed by atoms with van der Waals surface area (Å²) in [6.07, 6.45) is 0. The first-order chi connectivity index (χ1) is 8.19. The van der Waals surface area contributed by atoms with Crippen LogP contribution in [0, 0.1) is 0 Å². The summed E-state index contributed by atoms with van der Waals surface area (Å²) < 4.78 is 0.843. The van der Waals surface area contributed by atoms with Gasteiger partial charge in [-0.1, -0.05) is 27.1 Å². The molecular weight excluding hydrogens is 286 g/mol. The highest BCUT2D eigenvalue weighted by molar-refractivity contribution is 9.10. The van der Waals surface area contributed by atoms with Gasteiger partial charge >= 0.3 is 0 Å². The van der Waals surface area contributed by atoms with Crippen molar-refractivity contribution in [1.82, 2.24) is 20.2 Å². The Labute approximate surface area is 106 Å². The van der Waals surface area contributed by atoms with Crippen LogP contribution in [0.5, 0.6) is 0 Å². The highest BCUT2D eigenvalue weighted by atomic mass is 79.9. The van der Waals surface area contributed by atoms with Gasteiger partial charge in [-0.05, 0) is 30.3 Å². The second-order valence-electron chi connectivity index (χ2n) is 3.27. The molecule has 2 rings (SSSR count). The molecule has 88 valence electrons. The fourth-order valence-corrected chi connectivity index (χ4v) is 1.63. The lowest BCUT2D eigenvalue weighted by molar-refractivity contribution is 0.102. The minimum Gasteiger partial charge on any atom is -0.288 e. The van der Waals surface area contributed by atoms with Crippen LogP contribution in [0.15, 0.2) is 28.7 Å². The van der Waals surface area contributed by atoms with E-state index in [4.69, 9.17) is 0 Å². The third-order valence-corrected chi connectivity index (χ3v) is 2.54. The summed E-state index contributed by atoms with van der Waals surface area (Å²) in [7, 11) is 0. The van der Waals surface area contributed by atoms with Gasteiger partial charge in [-0.2, -0.15) is 4.80 Å². The van der Waals surface area contributed by atoms with Gasteiger partial charge in [0.1, 0.15) is 0 Å². The largest absolute Gasteiger partial charge is 0.288 e. The molecule has 1 aromatic carbocycles. The number of amides is 1. The van der Waals surface area contributed by atoms with Crippen LogP contribution in [-0.4, -0.2) is 26.1 Å². The second-order valence-corrected chi connectivity index (χ2v) is 4.18. The van der Waals surface area contributed by atoms with E-state index in [1.165, 1.54) is 4.80 Å². The molecule has 1 N–H and O–H groups in total. The van der Waals surface area contributed by atoms with Gasteiger partial charge in [-0.15, -0.1) is 5.10 Å². The number of hydrogen-bond donors (Lipinski definition) is 1. The molecular formula is C10H10BrN5O. The molecule has 0 atom stereocenters. The minimum atomic E-state index is -0.262. The van der Waals surface area contributed by atoms with E-state index in [1.807, 2.05) is 13.0 Å². The topological polar surface area (TPSA) is 72.7 Å². The molecule has 0 aliphatic heterocycles. The number of hydrogen-bond acceptors (Lipinski definition) is 4. The molecule has 1 aromatic heterocycles. The Morgan fingerprint density at radius 2 is 2.35 bits per heavy atom. The molecule has 0 saturated carbocycles. The van der Waals surface area contributed by atoms with Gasteiger partial charge in [0.2, 0.25) is 0 Å². The predicted molar refractivity (Wildman–Crippen MR) is 65.6 cm³/mol. The number of rotatable bonds is 3. The lowest BCUT2D eigenvalue weighted by Crippen LogP contribution is -2.13. The molecule has 0 aliphatic carbocycles. The molecule has 17 heavy (non-hydrogen) atoms. The van der Waals surface area contributed by atoms with Crippen LogP contribution in [0.1, 0.15) is 17.3 Å². The summed E-state index contributed by atoms with van der Waals surface area (Å²) in [5.74, 6) is -0.0567. The quantitative estimate of drug-likeness (QED) is 0.935. The number of anilines is 1. The van der Waals surface area contributed by atoms with Crippen molar-refractivity contribution in [1.29, 1.82) is 0 Å². The second kappa shape index (κ2) is 5.05. The number of carbonyl (C=O) groups is 1. The van der Waals surface area contributed by atoms with Crippen molar-refractivity contribution in [3.05, 3.63) is 34.3 Å². The Balaban J connectivity index is 2.11. The standard InChI is InChI=1S/C10H10BrN5O/c1-2-16-14-10(13-15-16)12-9(17)7-4-3-5-8(11)6-7/h3-6H,2H2,1H3,(H,12,14,17). The van der Waals surface area contributed by atoms with Crippen molar-refractivity contribution in [2.45, 2.75) is 13.5 Å². The Bertz CT molecular complexity index is 539. The van der Waals surface area contributed by atoms with Crippen LogP contribution in [0.3, 0.4) is 0 Å². The molecule has 0 unspecified atom stereocenters. The first kappa shape index (κ1) is 11.7. The van der Waals surface area contributed by atoms with Crippen molar-refractivity contribution in [2.75, 3.05) is 5.32 Å². The van der Waals surface area contributed by atoms with Crippen molar-refractivity contribution in [2.24, 2.45) is 0 Å². The van der Waals surface area contributed by atoms with Crippen LogP contribution < -0.4 is 5.32 Å². The fourth-order valence-electron chi connectivity index (χ4n) is 1.23. The normalized spacial score (nSPS) is 10.2. The van der Waals surface area contributed by atoms with E-state index in [-0.39, 0.29) is 11.9 Å². The minimum absolute atomic E-state index is 0.205. The lowest BCUT2D eigenvalue weighted by atomic mass is 10.2. The maximum atomic E-state index is 11.8. The molecule has 0 saturated heterocycles. The average molecular weight is 296 g/mol. The maximum absolute atomic E-state index is 11.8. The van der Waals surface area contributed by atoms with Crippen molar-refractivity contribution in [3.63, 3.8) is 0 Å². The Morgan fingerprint density at radius 1 is 1.53 bits per heavy atom. The monoisotopic (exact) mass is 295 g/mol. The summed E-state index contributed by atoms with van der Waals surface area (Å²) in [6, 6.07) is 7.07. The Kier molecular flexibility index (Phi) is 3.48. The van der Waals surface area contributed by atoms with Gasteiger partial charge in [-0.25, -0.2) is 0 Å². The SMILES string of the molecule is CCn1nnc(NC(=O)c2cccc(Br)c2)n1. The smallest absolute Gasteiger partial charge is 0.270 e. The third-order valence-electron chi connectivity index (χ3n) is 2.05. The van der Waals surface area contributed by atoms with Crippen molar-refractivity contribution < 1.29 is 4.79 Å². The van der Waals surface area contributed by atoms with Gasteiger partial charge in [0.05, 0.1) is 6.54 Å². The number of halogens is 1. The highest BCUT2D eigenvalue weighted by Crippen LogP contribution is 2.12. The van der Waals surface area contributed by atoms with Crippen molar-refractivity contribution >= 4 is 27.8 Å². The van der Waals surface area contributed by atoms with Crippen LogP contribution in [0.4, 0.5) is 5.95 Å². The molecule has 1 amide bonds. The van der Waals surface area contributed by atoms with Crippen LogP contribution in [-0.2, 0) is 6.54 Å². The average Bonchev–Trinajstić information content (AvgIpc) is 2.77. The predicted octanol–water partition coefficient (Wildman–Crippen LogP) is 1.71. The first-order valence-corrected chi connectivity index (χ1v) is 5.83. The van der Waals surface area contributed by atoms with Crippen LogP contribution in [0.25, 0.3) is 0 Å². The summed E-state index contributed by atoms with van der Waals surface area (Å²) in [4.78, 5) is 13.2. The number of nitrogens with one attached hydrogen (secondary N) is 1. The van der Waals surface area contributed by atoms with Gasteiger partial charge in [-0.3, -0.25) is 10.1 Å². The lowest BCUT2D eigenvalue weighted by Gasteiger charge is -2.00. The zero-order valence-electron chi connectivity index (χ0n) is 9.09. The number of aromatic nitrogens is 4. The molecule has 0 spiro atoms. The molecule has 0 radical (unpaired) electrons. The van der Waals surface area contributed by atoms with Gasteiger partial charge in [0.25, 0.3) is 11.9 Å². The van der Waals surface area contributed by atoms with Gasteiger partial charge in [0, 0.05) is 10.0 Å². The molecule has 1 heterocycles. The number of carbonyl (C=O) groups excluding carboxylic acids is 1. The molecule has 2 aromatic rings. The number of tetrazole rings is 1. The molecule has 0 fully saturated rings. The van der Waals surface area contributed by atoms with Crippen LogP contribution >= 0.6 is 15.9 Å². The zero-order chi connectivity index (χ0) is 12.3. The number of nitrogens with zero attached hydrogens (tertiary/aromatic N) is 4. The van der Waals surface area contributed by atoms with E-state index in [2.05, 4.69) is 36.7 Å². The molecule has 0 bridgehead atoms. The fraction of sp³-hybridized carbons (Fsp3) is 0.200. The zero-order valence-corrected chi connectivity index (χ0v) is 10.7. The van der Waals surface area contributed by atoms with E-state index >= 15 is 0 Å². The maximum Gasteiger partial charge on any atom is 0.270 e. The molecule has 7 heteroatoms. The summed E-state index contributed by atoms with van der Waals surface area (Å²) in [5.41, 5.74) is 0.534. The first-order valence-electron chi connectivity index (χ1n) is 5.04. The Hall–Kier alpha value is -1.76. The highest BCUT2D eigenvalue weighted by Gasteiger charge is 2.09. The summed E-state index contributed by atoms with van der Waals surface area (Å²) in [5, 5.41) is 14.0. The third kappa shape index (κ3) is 2.88. The molecule has 0 aliphatic rings. The van der Waals surface area contributed by atoms with Crippen molar-refractivity contribution in [3.8, 4) is 0 Å². The van der Waals surface area contributed by atoms with E-state index in [9.17, 15) is 4.79 Å². The number of benzene rings is 1. The Morgan fingerprint density at radius 3 is 3.00 bits per heavy atom. The van der Waals surface area contributed by atoms with E-state index < -0.39 is 0 Å². The van der Waals surface area contributed by atoms with Gasteiger partial charge in [0.15, 0.2) is 0 Å². The summed E-state index contributed by atoms with van der Waals surface area (Å²) >= 11 is 3.30.